The van der Waals surface area contributed by atoms with E-state index in [9.17, 15) is 17.8 Å². The lowest BCUT2D eigenvalue weighted by Gasteiger charge is -2.08. The molecule has 82 valence electrons. The van der Waals surface area contributed by atoms with Gasteiger partial charge < -0.3 is 14.5 Å². The zero-order chi connectivity index (χ0) is 11.5. The van der Waals surface area contributed by atoms with Gasteiger partial charge in [-0.1, -0.05) is 16.5 Å². The van der Waals surface area contributed by atoms with Crippen molar-refractivity contribution in [1.82, 2.24) is 0 Å². The number of hydrogen-bond donors (Lipinski definition) is 1. The summed E-state index contributed by atoms with van der Waals surface area (Å²) < 4.78 is 33.6. The zero-order valence-corrected chi connectivity index (χ0v) is 7.93. The van der Waals surface area contributed by atoms with E-state index < -0.39 is 16.4 Å². The standard InChI is InChI=1S/C7H6O7S/c8-7(9)5-3-1-2-4-6(5)13-14-15(10,11)12/h1-4H,(H,8,9)(H,10,11,12)/p-1. The lowest BCUT2D eigenvalue weighted by Crippen LogP contribution is -2.09. The summed E-state index contributed by atoms with van der Waals surface area (Å²) in [6.07, 6.45) is 0. The van der Waals surface area contributed by atoms with Crippen LogP contribution in [0.1, 0.15) is 10.4 Å². The van der Waals surface area contributed by atoms with Crippen molar-refractivity contribution in [2.45, 2.75) is 0 Å². The Morgan fingerprint density at radius 2 is 1.93 bits per heavy atom. The minimum Gasteiger partial charge on any atom is -0.723 e. The number of para-hydroxylation sites is 1. The number of rotatable bonds is 4. The topological polar surface area (TPSA) is 113 Å². The summed E-state index contributed by atoms with van der Waals surface area (Å²) in [5, 5.41) is 8.63. The van der Waals surface area contributed by atoms with Crippen molar-refractivity contribution in [2.75, 3.05) is 0 Å². The number of hydrogen-bond acceptors (Lipinski definition) is 6. The van der Waals surface area contributed by atoms with E-state index in [1.54, 1.807) is 0 Å². The lowest BCUT2D eigenvalue weighted by atomic mass is 10.2. The molecule has 0 spiro atoms. The molecule has 1 aromatic rings. The number of benzene rings is 1. The maximum absolute atomic E-state index is 10.6. The molecule has 1 rings (SSSR count). The SMILES string of the molecule is O=C(O)c1ccccc1OOS(=O)(=O)[O-]. The Morgan fingerprint density at radius 1 is 1.33 bits per heavy atom. The molecule has 15 heavy (non-hydrogen) atoms. The van der Waals surface area contributed by atoms with Crippen LogP contribution in [-0.4, -0.2) is 24.0 Å². The average molecular weight is 233 g/mol. The Kier molecular flexibility index (Phi) is 3.24. The second-order valence-corrected chi connectivity index (χ2v) is 3.31. The van der Waals surface area contributed by atoms with Crippen LogP contribution in [0.5, 0.6) is 5.75 Å². The number of aromatic carboxylic acids is 1. The van der Waals surface area contributed by atoms with Crippen molar-refractivity contribution in [1.29, 1.82) is 0 Å². The molecule has 1 N–H and O–H groups in total. The van der Waals surface area contributed by atoms with Crippen LogP contribution in [0.15, 0.2) is 24.3 Å². The van der Waals surface area contributed by atoms with Crippen LogP contribution in [0.3, 0.4) is 0 Å². The molecule has 0 unspecified atom stereocenters. The van der Waals surface area contributed by atoms with Gasteiger partial charge in [-0.3, -0.25) is 0 Å². The van der Waals surface area contributed by atoms with E-state index >= 15 is 0 Å². The highest BCUT2D eigenvalue weighted by molar-refractivity contribution is 7.80. The van der Waals surface area contributed by atoms with Crippen molar-refractivity contribution in [2.24, 2.45) is 0 Å². The smallest absolute Gasteiger partial charge is 0.339 e. The van der Waals surface area contributed by atoms with Gasteiger partial charge in [0.05, 0.1) is 0 Å². The Morgan fingerprint density at radius 3 is 2.47 bits per heavy atom. The molecule has 0 saturated carbocycles. The first-order valence-electron chi connectivity index (χ1n) is 3.54. The van der Waals surface area contributed by atoms with Gasteiger partial charge >= 0.3 is 5.97 Å². The highest BCUT2D eigenvalue weighted by atomic mass is 32.3. The van der Waals surface area contributed by atoms with E-state index in [2.05, 4.69) is 9.22 Å². The Labute approximate surface area is 84.7 Å². The third-order valence-corrected chi connectivity index (χ3v) is 1.56. The summed E-state index contributed by atoms with van der Waals surface area (Å²) in [6.45, 7) is 0. The van der Waals surface area contributed by atoms with Crippen molar-refractivity contribution < 1.29 is 32.1 Å². The fourth-order valence-corrected chi connectivity index (χ4v) is 0.951. The maximum atomic E-state index is 10.6. The predicted molar refractivity (Wildman–Crippen MR) is 44.8 cm³/mol. The molecule has 0 heterocycles. The molecular formula is C7H5O7S-. The first-order valence-corrected chi connectivity index (χ1v) is 4.88. The monoisotopic (exact) mass is 233 g/mol. The molecule has 0 atom stereocenters. The van der Waals surface area contributed by atoms with Gasteiger partial charge in [-0.2, -0.15) is 0 Å². The lowest BCUT2D eigenvalue weighted by molar-refractivity contribution is -0.104. The molecule has 0 radical (unpaired) electrons. The fourth-order valence-electron chi connectivity index (χ4n) is 0.794. The molecule has 0 aromatic heterocycles. The average Bonchev–Trinajstić information content (AvgIpc) is 2.14. The summed E-state index contributed by atoms with van der Waals surface area (Å²) in [5.74, 6) is -1.71. The van der Waals surface area contributed by atoms with Gasteiger partial charge in [0.1, 0.15) is 5.56 Å². The second-order valence-electron chi connectivity index (χ2n) is 2.36. The summed E-state index contributed by atoms with van der Waals surface area (Å²) >= 11 is 0. The van der Waals surface area contributed by atoms with Crippen LogP contribution in [-0.2, 0) is 14.7 Å². The second kappa shape index (κ2) is 4.26. The molecule has 1 aromatic carbocycles. The molecule has 0 aliphatic rings. The molecular weight excluding hydrogens is 228 g/mol. The molecule has 0 aliphatic heterocycles. The molecule has 8 heteroatoms. The summed E-state index contributed by atoms with van der Waals surface area (Å²) in [4.78, 5) is 14.7. The Hall–Kier alpha value is -1.64. The molecule has 0 bridgehead atoms. The molecule has 0 fully saturated rings. The number of carboxylic acids is 1. The van der Waals surface area contributed by atoms with Gasteiger partial charge in [0.2, 0.25) is 0 Å². The minimum atomic E-state index is -5.03. The van der Waals surface area contributed by atoms with Crippen LogP contribution >= 0.6 is 0 Å². The van der Waals surface area contributed by atoms with Crippen LogP contribution in [0.2, 0.25) is 0 Å². The highest BCUT2D eigenvalue weighted by Gasteiger charge is 2.11. The fraction of sp³-hybridized carbons (Fsp3) is 0. The largest absolute Gasteiger partial charge is 0.723 e. The van der Waals surface area contributed by atoms with Crippen molar-refractivity contribution in [3.63, 3.8) is 0 Å². The Balaban J connectivity index is 2.90. The van der Waals surface area contributed by atoms with Crippen molar-refractivity contribution in [3.05, 3.63) is 29.8 Å². The molecule has 0 aliphatic carbocycles. The minimum absolute atomic E-state index is 0.318. The van der Waals surface area contributed by atoms with Crippen LogP contribution in [0.4, 0.5) is 0 Å². The summed E-state index contributed by atoms with van der Waals surface area (Å²) in [7, 11) is -5.03. The van der Waals surface area contributed by atoms with E-state index in [4.69, 9.17) is 5.11 Å². The summed E-state index contributed by atoms with van der Waals surface area (Å²) in [6, 6.07) is 5.11. The summed E-state index contributed by atoms with van der Waals surface area (Å²) in [5.41, 5.74) is -0.318. The van der Waals surface area contributed by atoms with Gasteiger partial charge in [0, 0.05) is 0 Å². The van der Waals surface area contributed by atoms with E-state index in [1.165, 1.54) is 18.2 Å². The maximum Gasteiger partial charge on any atom is 0.339 e. The zero-order valence-electron chi connectivity index (χ0n) is 7.11. The molecule has 0 saturated heterocycles. The van der Waals surface area contributed by atoms with Crippen molar-refractivity contribution in [3.8, 4) is 5.75 Å². The highest BCUT2D eigenvalue weighted by Crippen LogP contribution is 2.18. The van der Waals surface area contributed by atoms with Gasteiger partial charge in [-0.15, -0.1) is 0 Å². The van der Waals surface area contributed by atoms with E-state index in [1.807, 2.05) is 0 Å². The first-order chi connectivity index (χ1) is 6.90. The predicted octanol–water partition coefficient (Wildman–Crippen LogP) is 0.155. The third-order valence-electron chi connectivity index (χ3n) is 1.32. The third kappa shape index (κ3) is 3.54. The molecule has 0 amide bonds. The van der Waals surface area contributed by atoms with E-state index in [-0.39, 0.29) is 11.3 Å². The van der Waals surface area contributed by atoms with Gasteiger partial charge in [0.25, 0.3) is 10.4 Å². The van der Waals surface area contributed by atoms with E-state index in [0.717, 1.165) is 6.07 Å². The first kappa shape index (κ1) is 11.4. The van der Waals surface area contributed by atoms with Gasteiger partial charge in [0.15, 0.2) is 5.75 Å². The van der Waals surface area contributed by atoms with Gasteiger partial charge in [-0.25, -0.2) is 13.2 Å². The van der Waals surface area contributed by atoms with E-state index in [0.29, 0.717) is 0 Å². The van der Waals surface area contributed by atoms with Crippen LogP contribution < -0.4 is 4.89 Å². The van der Waals surface area contributed by atoms with Crippen LogP contribution in [0, 0.1) is 0 Å². The van der Waals surface area contributed by atoms with Crippen LogP contribution in [0.25, 0.3) is 0 Å². The van der Waals surface area contributed by atoms with Gasteiger partial charge in [-0.05, 0) is 12.1 Å². The van der Waals surface area contributed by atoms with Crippen molar-refractivity contribution >= 4 is 16.4 Å². The number of carbonyl (C=O) groups is 1. The Bertz CT molecular complexity index is 464. The quantitative estimate of drug-likeness (QED) is 0.341. The normalized spacial score (nSPS) is 11.0. The number of carboxylic acid groups (broad SMARTS) is 1. The molecule has 7 nitrogen and oxygen atoms in total.